The molecule has 0 saturated heterocycles. The Morgan fingerprint density at radius 2 is 1.13 bits per heavy atom. The molecular weight excluding hydrogens is 629 g/mol. The molecule has 47 heavy (non-hydrogen) atoms. The molecule has 6 rings (SSSR count). The number of hydrogen-bond donors (Lipinski definition) is 2. The van der Waals surface area contributed by atoms with Crippen molar-refractivity contribution in [1.29, 1.82) is 0 Å². The van der Waals surface area contributed by atoms with Gasteiger partial charge in [-0.2, -0.15) is 0 Å². The van der Waals surface area contributed by atoms with Gasteiger partial charge in [-0.25, -0.2) is 26.3 Å². The number of benzene rings is 2. The van der Waals surface area contributed by atoms with Gasteiger partial charge in [0.1, 0.15) is 0 Å². The molecule has 2 aliphatic rings. The predicted molar refractivity (Wildman–Crippen MR) is 190 cm³/mol. The van der Waals surface area contributed by atoms with E-state index >= 15 is 0 Å². The van der Waals surface area contributed by atoms with Gasteiger partial charge < -0.3 is 0 Å². The summed E-state index contributed by atoms with van der Waals surface area (Å²) in [4.78, 5) is 8.74. The fourth-order valence-electron chi connectivity index (χ4n) is 6.23. The zero-order valence-electron chi connectivity index (χ0n) is 28.3. The Balaban J connectivity index is 0.000000185. The van der Waals surface area contributed by atoms with Crippen LogP contribution in [0.15, 0.2) is 67.0 Å². The summed E-state index contributed by atoms with van der Waals surface area (Å²) in [5, 5.41) is -0.808. The molecule has 250 valence electrons. The Labute approximate surface area is 280 Å². The Kier molecular flexibility index (Phi) is 10.4. The SMILES string of the molecule is Cc1ccc(-c2ccc3c(c2)CC(NS(=O)(=O)C(C)C)C3)c(C)n1.Cc1ccncc1-c1ccc2c(c1)CC(NS(=O)(=O)C(C)C)C2. The van der Waals surface area contributed by atoms with Gasteiger partial charge in [0.05, 0.1) is 10.5 Å². The third kappa shape index (κ3) is 8.17. The summed E-state index contributed by atoms with van der Waals surface area (Å²) in [6.45, 7) is 12.9. The highest BCUT2D eigenvalue weighted by Gasteiger charge is 2.29. The van der Waals surface area contributed by atoms with E-state index in [2.05, 4.69) is 68.8 Å². The first kappa shape index (κ1) is 34.9. The van der Waals surface area contributed by atoms with Crippen molar-refractivity contribution in [3.8, 4) is 22.3 Å². The van der Waals surface area contributed by atoms with Crippen LogP contribution in [0.25, 0.3) is 22.3 Å². The molecule has 8 nitrogen and oxygen atoms in total. The van der Waals surface area contributed by atoms with E-state index in [1.165, 1.54) is 27.8 Å². The maximum Gasteiger partial charge on any atom is 0.214 e. The Hall–Kier alpha value is -3.44. The fourth-order valence-corrected chi connectivity index (χ4v) is 8.04. The van der Waals surface area contributed by atoms with Crippen molar-refractivity contribution < 1.29 is 16.8 Å². The van der Waals surface area contributed by atoms with Crippen molar-refractivity contribution in [2.45, 2.75) is 96.7 Å². The monoisotopic (exact) mass is 674 g/mol. The van der Waals surface area contributed by atoms with Crippen molar-refractivity contribution in [2.24, 2.45) is 0 Å². The molecule has 2 aromatic heterocycles. The summed E-state index contributed by atoms with van der Waals surface area (Å²) in [5.74, 6) is 0. The zero-order chi connectivity index (χ0) is 34.1. The average Bonchev–Trinajstić information content (AvgIpc) is 3.58. The van der Waals surface area contributed by atoms with Crippen LogP contribution in [0, 0.1) is 20.8 Å². The number of nitrogens with zero attached hydrogens (tertiary/aromatic N) is 2. The van der Waals surface area contributed by atoms with Gasteiger partial charge in [0, 0.05) is 47.0 Å². The Morgan fingerprint density at radius 3 is 1.60 bits per heavy atom. The third-order valence-electron chi connectivity index (χ3n) is 9.07. The number of nitrogens with one attached hydrogen (secondary N) is 2. The van der Waals surface area contributed by atoms with Crippen molar-refractivity contribution in [1.82, 2.24) is 19.4 Å². The highest BCUT2D eigenvalue weighted by Crippen LogP contribution is 2.31. The first-order chi connectivity index (χ1) is 22.1. The molecule has 0 spiro atoms. The first-order valence-corrected chi connectivity index (χ1v) is 19.3. The number of rotatable bonds is 8. The van der Waals surface area contributed by atoms with Gasteiger partial charge in [-0.1, -0.05) is 42.5 Å². The third-order valence-corrected chi connectivity index (χ3v) is 12.9. The molecule has 2 N–H and O–H groups in total. The molecule has 0 saturated carbocycles. The summed E-state index contributed by atoms with van der Waals surface area (Å²) in [7, 11) is -6.46. The van der Waals surface area contributed by atoms with Crippen LogP contribution in [0.3, 0.4) is 0 Å². The lowest BCUT2D eigenvalue weighted by Crippen LogP contribution is -2.39. The second-order valence-corrected chi connectivity index (χ2v) is 17.9. The summed E-state index contributed by atoms with van der Waals surface area (Å²) in [6.07, 6.45) is 6.68. The predicted octanol–water partition coefficient (Wildman–Crippen LogP) is 6.01. The van der Waals surface area contributed by atoms with Crippen LogP contribution in [-0.2, 0) is 45.7 Å². The number of aromatic nitrogens is 2. The van der Waals surface area contributed by atoms with Gasteiger partial charge in [-0.3, -0.25) is 9.97 Å². The number of hydrogen-bond acceptors (Lipinski definition) is 6. The van der Waals surface area contributed by atoms with E-state index in [1.807, 2.05) is 32.2 Å². The van der Waals surface area contributed by atoms with Crippen molar-refractivity contribution in [2.75, 3.05) is 0 Å². The van der Waals surface area contributed by atoms with Crippen LogP contribution in [0.1, 0.15) is 66.9 Å². The Morgan fingerprint density at radius 1 is 0.638 bits per heavy atom. The van der Waals surface area contributed by atoms with E-state index in [1.54, 1.807) is 33.9 Å². The average molecular weight is 675 g/mol. The molecule has 2 aromatic carbocycles. The molecule has 0 bridgehead atoms. The molecule has 2 aliphatic carbocycles. The lowest BCUT2D eigenvalue weighted by atomic mass is 9.99. The van der Waals surface area contributed by atoms with Crippen LogP contribution in [0.5, 0.6) is 0 Å². The molecule has 4 aromatic rings. The molecule has 0 radical (unpaired) electrons. The summed E-state index contributed by atoms with van der Waals surface area (Å²) in [6, 6.07) is 18.8. The van der Waals surface area contributed by atoms with E-state index in [9.17, 15) is 16.8 Å². The first-order valence-electron chi connectivity index (χ1n) is 16.2. The van der Waals surface area contributed by atoms with Crippen LogP contribution in [0.4, 0.5) is 0 Å². The molecule has 2 atom stereocenters. The van der Waals surface area contributed by atoms with E-state index in [4.69, 9.17) is 0 Å². The topological polar surface area (TPSA) is 118 Å². The number of fused-ring (bicyclic) bond motifs is 2. The van der Waals surface area contributed by atoms with E-state index in [0.29, 0.717) is 0 Å². The lowest BCUT2D eigenvalue weighted by Gasteiger charge is -2.14. The molecule has 0 aliphatic heterocycles. The molecular formula is C37H46N4O4S2. The van der Waals surface area contributed by atoms with E-state index < -0.39 is 30.5 Å². The van der Waals surface area contributed by atoms with Gasteiger partial charge in [-0.15, -0.1) is 0 Å². The Bertz CT molecular complexity index is 1990. The van der Waals surface area contributed by atoms with Crippen LogP contribution in [0.2, 0.25) is 0 Å². The van der Waals surface area contributed by atoms with E-state index in [-0.39, 0.29) is 12.1 Å². The van der Waals surface area contributed by atoms with Gasteiger partial charge >= 0.3 is 0 Å². The number of sulfonamides is 2. The number of aryl methyl sites for hydroxylation is 3. The standard InChI is InChI=1S/C19H24N2O2S.C18H22N2O2S/c1-12(2)24(22,23)21-18-10-15-6-7-16(9-17(15)11-18)19-8-5-13(3)20-14(19)4;1-12(2)23(21,22)20-17-9-14-4-5-15(8-16(14)10-17)18-11-19-7-6-13(18)3/h5-9,12,18,21H,10-11H2,1-4H3;4-8,11-12,17,20H,9-10H2,1-3H3. The van der Waals surface area contributed by atoms with Crippen LogP contribution in [-0.4, -0.2) is 49.4 Å². The smallest absolute Gasteiger partial charge is 0.214 e. The normalized spacial score (nSPS) is 17.4. The van der Waals surface area contributed by atoms with Gasteiger partial charge in [-0.05, 0) is 125 Å². The second-order valence-electron chi connectivity index (χ2n) is 13.4. The van der Waals surface area contributed by atoms with Crippen molar-refractivity contribution >= 4 is 20.0 Å². The molecule has 2 unspecified atom stereocenters. The van der Waals surface area contributed by atoms with Gasteiger partial charge in [0.15, 0.2) is 0 Å². The summed E-state index contributed by atoms with van der Waals surface area (Å²) >= 11 is 0. The number of pyridine rings is 2. The highest BCUT2D eigenvalue weighted by atomic mass is 32.2. The van der Waals surface area contributed by atoms with Crippen LogP contribution >= 0.6 is 0 Å². The highest BCUT2D eigenvalue weighted by molar-refractivity contribution is 7.90. The largest absolute Gasteiger partial charge is 0.264 e. The maximum atomic E-state index is 12.1. The minimum Gasteiger partial charge on any atom is -0.264 e. The maximum absolute atomic E-state index is 12.1. The zero-order valence-corrected chi connectivity index (χ0v) is 30.0. The molecule has 0 fully saturated rings. The minimum atomic E-state index is -3.23. The summed E-state index contributed by atoms with van der Waals surface area (Å²) < 4.78 is 53.9. The van der Waals surface area contributed by atoms with E-state index in [0.717, 1.165) is 59.3 Å². The lowest BCUT2D eigenvalue weighted by molar-refractivity contribution is 0.546. The van der Waals surface area contributed by atoms with Crippen molar-refractivity contribution in [3.63, 3.8) is 0 Å². The van der Waals surface area contributed by atoms with Crippen LogP contribution < -0.4 is 9.44 Å². The summed E-state index contributed by atoms with van der Waals surface area (Å²) in [5.41, 5.74) is 12.7. The molecule has 2 heterocycles. The quantitative estimate of drug-likeness (QED) is 0.236. The van der Waals surface area contributed by atoms with Crippen molar-refractivity contribution in [3.05, 3.63) is 106 Å². The second kappa shape index (κ2) is 14.0. The fraction of sp³-hybridized carbons (Fsp3) is 0.405. The van der Waals surface area contributed by atoms with Gasteiger partial charge in [0.25, 0.3) is 0 Å². The molecule has 10 heteroatoms. The molecule has 0 amide bonds. The minimum absolute atomic E-state index is 0.0392. The van der Waals surface area contributed by atoms with Gasteiger partial charge in [0.2, 0.25) is 20.0 Å².